The smallest absolute Gasteiger partial charge is 0.300 e. The third-order valence-electron chi connectivity index (χ3n) is 5.53. The van der Waals surface area contributed by atoms with Crippen molar-refractivity contribution in [3.63, 3.8) is 0 Å². The maximum Gasteiger partial charge on any atom is 0.300 e. The molecule has 1 saturated heterocycles. The lowest BCUT2D eigenvalue weighted by Gasteiger charge is -2.26. The monoisotopic (exact) mass is 427 g/mol. The lowest BCUT2D eigenvalue weighted by Crippen LogP contribution is -2.29. The van der Waals surface area contributed by atoms with Crippen LogP contribution in [0.3, 0.4) is 0 Å². The molecule has 1 fully saturated rings. The van der Waals surface area contributed by atoms with Crippen molar-refractivity contribution >= 4 is 23.1 Å². The summed E-state index contributed by atoms with van der Waals surface area (Å²) < 4.78 is 5.65. The van der Waals surface area contributed by atoms with Crippen molar-refractivity contribution in [3.8, 4) is 5.75 Å². The number of hydrogen-bond donors (Lipinski definition) is 1. The molecule has 0 spiro atoms. The van der Waals surface area contributed by atoms with Crippen LogP contribution in [-0.2, 0) is 9.59 Å². The van der Waals surface area contributed by atoms with Crippen LogP contribution < -0.4 is 9.64 Å². The quantitative estimate of drug-likeness (QED) is 0.340. The number of aryl methyl sites for hydroxylation is 2. The van der Waals surface area contributed by atoms with Gasteiger partial charge < -0.3 is 9.84 Å². The molecule has 1 aliphatic heterocycles. The molecule has 3 aromatic rings. The second-order valence-corrected chi connectivity index (χ2v) is 7.88. The third kappa shape index (κ3) is 3.89. The van der Waals surface area contributed by atoms with Crippen molar-refractivity contribution in [2.75, 3.05) is 11.5 Å². The highest BCUT2D eigenvalue weighted by atomic mass is 16.5. The minimum Gasteiger partial charge on any atom is -0.507 e. The Bertz CT molecular complexity index is 1210. The Morgan fingerprint density at radius 2 is 1.66 bits per heavy atom. The molecule has 1 amide bonds. The summed E-state index contributed by atoms with van der Waals surface area (Å²) in [5, 5.41) is 11.2. The number of rotatable bonds is 5. The van der Waals surface area contributed by atoms with Crippen LogP contribution in [0.4, 0.5) is 5.69 Å². The highest BCUT2D eigenvalue weighted by Crippen LogP contribution is 2.43. The molecule has 0 radical (unpaired) electrons. The van der Waals surface area contributed by atoms with Crippen LogP contribution in [0.1, 0.15) is 35.2 Å². The number of anilines is 1. The molecule has 0 aromatic heterocycles. The summed E-state index contributed by atoms with van der Waals surface area (Å²) >= 11 is 0. The zero-order valence-electron chi connectivity index (χ0n) is 18.3. The summed E-state index contributed by atoms with van der Waals surface area (Å²) in [6, 6.07) is 21.2. The maximum atomic E-state index is 13.2. The molecule has 3 aromatic carbocycles. The van der Waals surface area contributed by atoms with Crippen LogP contribution in [0.15, 0.2) is 78.4 Å². The second kappa shape index (κ2) is 8.71. The molecule has 0 aliphatic carbocycles. The number of ether oxygens (including phenoxy) is 1. The number of aliphatic hydroxyl groups is 1. The van der Waals surface area contributed by atoms with Crippen LogP contribution >= 0.6 is 0 Å². The second-order valence-electron chi connectivity index (χ2n) is 7.88. The molecule has 1 N–H and O–H groups in total. The Morgan fingerprint density at radius 3 is 2.34 bits per heavy atom. The van der Waals surface area contributed by atoms with Crippen molar-refractivity contribution in [1.82, 2.24) is 0 Å². The summed E-state index contributed by atoms with van der Waals surface area (Å²) in [6.07, 6.45) is 0. The number of carbonyl (C=O) groups excluding carboxylic acids is 2. The summed E-state index contributed by atoms with van der Waals surface area (Å²) in [6.45, 7) is 6.25. The zero-order chi connectivity index (χ0) is 22.8. The van der Waals surface area contributed by atoms with Gasteiger partial charge in [-0.05, 0) is 56.2 Å². The van der Waals surface area contributed by atoms with E-state index >= 15 is 0 Å². The highest BCUT2D eigenvalue weighted by Gasteiger charge is 2.47. The molecule has 1 atom stereocenters. The van der Waals surface area contributed by atoms with Crippen molar-refractivity contribution in [1.29, 1.82) is 0 Å². The minimum absolute atomic E-state index is 0.0639. The Morgan fingerprint density at radius 1 is 0.938 bits per heavy atom. The Kier molecular flexibility index (Phi) is 5.82. The van der Waals surface area contributed by atoms with Gasteiger partial charge in [-0.2, -0.15) is 0 Å². The first-order valence-electron chi connectivity index (χ1n) is 10.6. The molecule has 162 valence electrons. The van der Waals surface area contributed by atoms with E-state index in [1.807, 2.05) is 75.4 Å². The van der Waals surface area contributed by atoms with E-state index in [0.29, 0.717) is 29.2 Å². The largest absolute Gasteiger partial charge is 0.507 e. The van der Waals surface area contributed by atoms with Gasteiger partial charge >= 0.3 is 0 Å². The molecular weight excluding hydrogens is 402 g/mol. The SMILES string of the molecule is CCOc1cccc(C2/C(=C(\O)c3ccc(C)cc3)C(=O)C(=O)N2c2cccc(C)c2)c1. The first-order valence-corrected chi connectivity index (χ1v) is 10.6. The van der Waals surface area contributed by atoms with Crippen LogP contribution in [0.5, 0.6) is 5.75 Å². The van der Waals surface area contributed by atoms with Gasteiger partial charge in [0.1, 0.15) is 11.5 Å². The van der Waals surface area contributed by atoms with Gasteiger partial charge in [0.2, 0.25) is 0 Å². The summed E-state index contributed by atoms with van der Waals surface area (Å²) in [5.41, 5.74) is 3.83. The minimum atomic E-state index is -0.779. The Hall–Kier alpha value is -3.86. The number of aliphatic hydroxyl groups excluding tert-OH is 1. The molecule has 5 heteroatoms. The van der Waals surface area contributed by atoms with Gasteiger partial charge in [-0.3, -0.25) is 14.5 Å². The lowest BCUT2D eigenvalue weighted by molar-refractivity contribution is -0.132. The molecule has 32 heavy (non-hydrogen) atoms. The van der Waals surface area contributed by atoms with Crippen LogP contribution in [0, 0.1) is 13.8 Å². The Balaban J connectivity index is 1.94. The fourth-order valence-corrected chi connectivity index (χ4v) is 4.00. The predicted molar refractivity (Wildman–Crippen MR) is 125 cm³/mol. The highest BCUT2D eigenvalue weighted by molar-refractivity contribution is 6.51. The molecular formula is C27H25NO4. The zero-order valence-corrected chi connectivity index (χ0v) is 18.3. The first-order chi connectivity index (χ1) is 15.4. The number of nitrogens with zero attached hydrogens (tertiary/aromatic N) is 1. The van der Waals surface area contributed by atoms with E-state index in [1.165, 1.54) is 4.90 Å². The van der Waals surface area contributed by atoms with Gasteiger partial charge in [0.25, 0.3) is 11.7 Å². The Labute approximate surface area is 187 Å². The summed E-state index contributed by atoms with van der Waals surface area (Å²) in [7, 11) is 0. The number of hydrogen-bond acceptors (Lipinski definition) is 4. The fourth-order valence-electron chi connectivity index (χ4n) is 4.00. The molecule has 0 bridgehead atoms. The van der Waals surface area contributed by atoms with Crippen molar-refractivity contribution in [3.05, 3.63) is 101 Å². The molecule has 0 saturated carbocycles. The number of Topliss-reactive ketones (excluding diaryl/α,β-unsaturated/α-hetero) is 1. The normalized spacial score (nSPS) is 17.6. The van der Waals surface area contributed by atoms with Gasteiger partial charge in [0.05, 0.1) is 18.2 Å². The predicted octanol–water partition coefficient (Wildman–Crippen LogP) is 5.33. The molecule has 1 heterocycles. The maximum absolute atomic E-state index is 13.2. The topological polar surface area (TPSA) is 66.8 Å². The van der Waals surface area contributed by atoms with Crippen LogP contribution in [-0.4, -0.2) is 23.4 Å². The van der Waals surface area contributed by atoms with E-state index in [2.05, 4.69) is 0 Å². The molecule has 5 nitrogen and oxygen atoms in total. The van der Waals surface area contributed by atoms with E-state index in [4.69, 9.17) is 4.74 Å². The van der Waals surface area contributed by atoms with Crippen LogP contribution in [0.2, 0.25) is 0 Å². The number of benzene rings is 3. The van der Waals surface area contributed by atoms with E-state index in [9.17, 15) is 14.7 Å². The fraction of sp³-hybridized carbons (Fsp3) is 0.185. The van der Waals surface area contributed by atoms with Crippen molar-refractivity contribution in [2.45, 2.75) is 26.8 Å². The van der Waals surface area contributed by atoms with Gasteiger partial charge in [0.15, 0.2) is 0 Å². The van der Waals surface area contributed by atoms with Gasteiger partial charge in [-0.25, -0.2) is 0 Å². The van der Waals surface area contributed by atoms with Gasteiger partial charge in [0, 0.05) is 11.3 Å². The molecule has 1 aliphatic rings. The number of amides is 1. The standard InChI is InChI=1S/C27H25NO4/c1-4-32-22-10-6-8-20(16-22)24-23(25(29)19-13-11-17(2)12-14-19)26(30)27(31)28(24)21-9-5-7-18(3)15-21/h5-16,24,29H,4H2,1-3H3/b25-23+. The van der Waals surface area contributed by atoms with E-state index in [-0.39, 0.29) is 11.3 Å². The van der Waals surface area contributed by atoms with Crippen LogP contribution in [0.25, 0.3) is 5.76 Å². The summed E-state index contributed by atoms with van der Waals surface area (Å²) in [4.78, 5) is 27.9. The number of carbonyl (C=O) groups is 2. The summed E-state index contributed by atoms with van der Waals surface area (Å²) in [5.74, 6) is -0.937. The molecule has 4 rings (SSSR count). The average Bonchev–Trinajstić information content (AvgIpc) is 3.05. The average molecular weight is 428 g/mol. The van der Waals surface area contributed by atoms with Crippen molar-refractivity contribution in [2.24, 2.45) is 0 Å². The van der Waals surface area contributed by atoms with Gasteiger partial charge in [-0.15, -0.1) is 0 Å². The first kappa shape index (κ1) is 21.4. The van der Waals surface area contributed by atoms with Gasteiger partial charge in [-0.1, -0.05) is 54.1 Å². The lowest BCUT2D eigenvalue weighted by atomic mass is 9.94. The van der Waals surface area contributed by atoms with E-state index in [1.54, 1.807) is 18.2 Å². The van der Waals surface area contributed by atoms with Crippen molar-refractivity contribution < 1.29 is 19.4 Å². The third-order valence-corrected chi connectivity index (χ3v) is 5.53. The molecule has 1 unspecified atom stereocenters. The van der Waals surface area contributed by atoms with E-state index < -0.39 is 17.7 Å². The van der Waals surface area contributed by atoms with E-state index in [0.717, 1.165) is 11.1 Å². The number of ketones is 1.